The molecule has 0 unspecified atom stereocenters. The Kier molecular flexibility index (Phi) is 4.62. The summed E-state index contributed by atoms with van der Waals surface area (Å²) in [6.45, 7) is 1.46. The highest BCUT2D eigenvalue weighted by Gasteiger charge is 2.42. The molecule has 0 N–H and O–H groups in total. The third-order valence-corrected chi connectivity index (χ3v) is 5.29. The quantitative estimate of drug-likeness (QED) is 0.776. The zero-order valence-electron chi connectivity index (χ0n) is 14.3. The first-order valence-corrected chi connectivity index (χ1v) is 9.12. The van der Waals surface area contributed by atoms with Crippen molar-refractivity contribution in [3.05, 3.63) is 71.3 Å². The van der Waals surface area contributed by atoms with E-state index in [2.05, 4.69) is 23.1 Å². The SMILES string of the molecule is O=C1C[C@H](N2CC=C(c3ccccc3)CC2)C(=O)N1c1ccc(Cl)cc1. The molecule has 0 saturated carbocycles. The summed E-state index contributed by atoms with van der Waals surface area (Å²) in [5.74, 6) is -0.297. The van der Waals surface area contributed by atoms with Gasteiger partial charge in [0, 0.05) is 18.1 Å². The maximum Gasteiger partial charge on any atom is 0.251 e. The van der Waals surface area contributed by atoms with Gasteiger partial charge in [-0.3, -0.25) is 14.5 Å². The van der Waals surface area contributed by atoms with Gasteiger partial charge in [0.15, 0.2) is 0 Å². The number of amides is 2. The van der Waals surface area contributed by atoms with Gasteiger partial charge in [0.05, 0.1) is 18.2 Å². The first kappa shape index (κ1) is 17.0. The second-order valence-electron chi connectivity index (χ2n) is 6.60. The van der Waals surface area contributed by atoms with Crippen LogP contribution in [0.1, 0.15) is 18.4 Å². The maximum atomic E-state index is 12.9. The molecule has 2 aliphatic rings. The van der Waals surface area contributed by atoms with Gasteiger partial charge in [-0.25, -0.2) is 4.90 Å². The molecular formula is C21H19ClN2O2. The largest absolute Gasteiger partial charge is 0.287 e. The summed E-state index contributed by atoms with van der Waals surface area (Å²) in [4.78, 5) is 28.7. The van der Waals surface area contributed by atoms with Crippen molar-refractivity contribution in [2.24, 2.45) is 0 Å². The summed E-state index contributed by atoms with van der Waals surface area (Å²) < 4.78 is 0. The molecule has 5 heteroatoms. The smallest absolute Gasteiger partial charge is 0.251 e. The monoisotopic (exact) mass is 366 g/mol. The number of carbonyl (C=O) groups is 2. The van der Waals surface area contributed by atoms with E-state index < -0.39 is 0 Å². The highest BCUT2D eigenvalue weighted by molar-refractivity contribution is 6.30. The lowest BCUT2D eigenvalue weighted by molar-refractivity contribution is -0.122. The molecule has 0 spiro atoms. The van der Waals surface area contributed by atoms with Gasteiger partial charge in [-0.2, -0.15) is 0 Å². The van der Waals surface area contributed by atoms with Crippen molar-refractivity contribution in [1.29, 1.82) is 0 Å². The second kappa shape index (κ2) is 7.06. The van der Waals surface area contributed by atoms with E-state index in [1.165, 1.54) is 16.0 Å². The third-order valence-electron chi connectivity index (χ3n) is 5.03. The maximum absolute atomic E-state index is 12.9. The molecule has 2 aliphatic heterocycles. The minimum absolute atomic E-state index is 0.145. The molecule has 1 saturated heterocycles. The van der Waals surface area contributed by atoms with Gasteiger partial charge in [0.2, 0.25) is 5.91 Å². The average molecular weight is 367 g/mol. The second-order valence-corrected chi connectivity index (χ2v) is 7.04. The molecule has 0 aliphatic carbocycles. The summed E-state index contributed by atoms with van der Waals surface area (Å²) in [6, 6.07) is 16.7. The Morgan fingerprint density at radius 3 is 2.35 bits per heavy atom. The first-order chi connectivity index (χ1) is 12.6. The van der Waals surface area contributed by atoms with Crippen molar-refractivity contribution in [1.82, 2.24) is 4.90 Å². The fourth-order valence-corrected chi connectivity index (χ4v) is 3.77. The number of rotatable bonds is 3. The van der Waals surface area contributed by atoms with Crippen molar-refractivity contribution in [2.45, 2.75) is 18.9 Å². The lowest BCUT2D eigenvalue weighted by Crippen LogP contribution is -2.44. The molecule has 2 aromatic rings. The van der Waals surface area contributed by atoms with Crippen molar-refractivity contribution in [3.8, 4) is 0 Å². The van der Waals surface area contributed by atoms with Crippen LogP contribution >= 0.6 is 11.6 Å². The number of benzene rings is 2. The zero-order valence-corrected chi connectivity index (χ0v) is 15.0. The van der Waals surface area contributed by atoms with E-state index in [9.17, 15) is 9.59 Å². The highest BCUT2D eigenvalue weighted by Crippen LogP contribution is 2.29. The molecule has 2 amide bonds. The van der Waals surface area contributed by atoms with Gasteiger partial charge in [-0.15, -0.1) is 0 Å². The van der Waals surface area contributed by atoms with Gasteiger partial charge in [0.25, 0.3) is 5.91 Å². The van der Waals surface area contributed by atoms with E-state index in [0.717, 1.165) is 13.0 Å². The third kappa shape index (κ3) is 3.18. The predicted molar refractivity (Wildman–Crippen MR) is 103 cm³/mol. The standard InChI is InChI=1S/C21H19ClN2O2/c22-17-6-8-18(9-7-17)24-20(25)14-19(21(24)26)23-12-10-16(11-13-23)15-4-2-1-3-5-15/h1-10,19H,11-14H2/t19-/m0/s1. The Labute approximate surface area is 157 Å². The van der Waals surface area contributed by atoms with Gasteiger partial charge in [-0.05, 0) is 41.8 Å². The summed E-state index contributed by atoms with van der Waals surface area (Å²) in [6.07, 6.45) is 3.28. The summed E-state index contributed by atoms with van der Waals surface area (Å²) in [7, 11) is 0. The molecule has 132 valence electrons. The van der Waals surface area contributed by atoms with Crippen LogP contribution in [-0.2, 0) is 9.59 Å². The minimum Gasteiger partial charge on any atom is -0.287 e. The zero-order chi connectivity index (χ0) is 18.1. The van der Waals surface area contributed by atoms with E-state index in [1.54, 1.807) is 24.3 Å². The molecule has 2 heterocycles. The van der Waals surface area contributed by atoms with Crippen molar-refractivity contribution < 1.29 is 9.59 Å². The topological polar surface area (TPSA) is 40.6 Å². The lowest BCUT2D eigenvalue weighted by Gasteiger charge is -2.30. The fourth-order valence-electron chi connectivity index (χ4n) is 3.64. The molecule has 0 aromatic heterocycles. The minimum atomic E-state index is -0.383. The number of carbonyl (C=O) groups excluding carboxylic acids is 2. The number of hydrogen-bond acceptors (Lipinski definition) is 3. The van der Waals surface area contributed by atoms with Crippen LogP contribution < -0.4 is 4.90 Å². The van der Waals surface area contributed by atoms with Crippen molar-refractivity contribution in [3.63, 3.8) is 0 Å². The van der Waals surface area contributed by atoms with E-state index in [0.29, 0.717) is 17.3 Å². The Morgan fingerprint density at radius 1 is 0.962 bits per heavy atom. The Bertz CT molecular complexity index is 861. The highest BCUT2D eigenvalue weighted by atomic mass is 35.5. The van der Waals surface area contributed by atoms with Crippen LogP contribution in [0.2, 0.25) is 5.02 Å². The predicted octanol–water partition coefficient (Wildman–Crippen LogP) is 3.76. The Balaban J connectivity index is 1.49. The molecule has 1 atom stereocenters. The van der Waals surface area contributed by atoms with Gasteiger partial charge in [0.1, 0.15) is 0 Å². The molecule has 4 rings (SSSR count). The van der Waals surface area contributed by atoms with Crippen LogP contribution in [0.4, 0.5) is 5.69 Å². The molecule has 26 heavy (non-hydrogen) atoms. The molecule has 2 aromatic carbocycles. The first-order valence-electron chi connectivity index (χ1n) is 8.74. The van der Waals surface area contributed by atoms with Crippen LogP contribution in [0.5, 0.6) is 0 Å². The Morgan fingerprint density at radius 2 is 1.69 bits per heavy atom. The fraction of sp³-hybridized carbons (Fsp3) is 0.238. The van der Waals surface area contributed by atoms with Gasteiger partial charge in [-0.1, -0.05) is 48.0 Å². The molecular weight excluding hydrogens is 348 g/mol. The summed E-state index contributed by atoms with van der Waals surface area (Å²) in [5, 5.41) is 0.582. The number of nitrogens with zero attached hydrogens (tertiary/aromatic N) is 2. The van der Waals surface area contributed by atoms with Crippen molar-refractivity contribution >= 4 is 34.7 Å². The number of halogens is 1. The summed E-state index contributed by atoms with van der Waals surface area (Å²) in [5.41, 5.74) is 3.11. The van der Waals surface area contributed by atoms with E-state index >= 15 is 0 Å². The molecule has 4 nitrogen and oxygen atoms in total. The summed E-state index contributed by atoms with van der Waals surface area (Å²) >= 11 is 5.90. The van der Waals surface area contributed by atoms with Crippen LogP contribution in [-0.4, -0.2) is 35.8 Å². The lowest BCUT2D eigenvalue weighted by atomic mass is 9.98. The number of hydrogen-bond donors (Lipinski definition) is 0. The number of imide groups is 1. The van der Waals surface area contributed by atoms with Crippen molar-refractivity contribution in [2.75, 3.05) is 18.0 Å². The van der Waals surface area contributed by atoms with E-state index in [-0.39, 0.29) is 24.3 Å². The Hall–Kier alpha value is -2.43. The number of anilines is 1. The van der Waals surface area contributed by atoms with Gasteiger partial charge < -0.3 is 0 Å². The van der Waals surface area contributed by atoms with Crippen LogP contribution in [0.25, 0.3) is 5.57 Å². The van der Waals surface area contributed by atoms with Crippen LogP contribution in [0.15, 0.2) is 60.7 Å². The van der Waals surface area contributed by atoms with Crippen LogP contribution in [0, 0.1) is 0 Å². The molecule has 0 radical (unpaired) electrons. The average Bonchev–Trinajstić information content (AvgIpc) is 2.98. The normalized spacial score (nSPS) is 21.2. The van der Waals surface area contributed by atoms with E-state index in [4.69, 9.17) is 11.6 Å². The van der Waals surface area contributed by atoms with E-state index in [1.807, 2.05) is 18.2 Å². The van der Waals surface area contributed by atoms with Crippen LogP contribution in [0.3, 0.4) is 0 Å². The van der Waals surface area contributed by atoms with Gasteiger partial charge >= 0.3 is 0 Å². The molecule has 0 bridgehead atoms. The molecule has 1 fully saturated rings.